The summed E-state index contributed by atoms with van der Waals surface area (Å²) in [6, 6.07) is 0. The van der Waals surface area contributed by atoms with Crippen LogP contribution in [0.2, 0.25) is 0 Å². The molecule has 0 aliphatic heterocycles. The highest BCUT2D eigenvalue weighted by Gasteiger charge is 2.02. The van der Waals surface area contributed by atoms with Gasteiger partial charge < -0.3 is 28.4 Å². The minimum Gasteiger partial charge on any atom is -0.432 e. The van der Waals surface area contributed by atoms with Crippen LogP contribution in [0.1, 0.15) is 6.92 Å². The molecule has 0 aromatic heterocycles. The van der Waals surface area contributed by atoms with Crippen molar-refractivity contribution in [2.45, 2.75) is 6.92 Å². The van der Waals surface area contributed by atoms with Crippen LogP contribution in [0.15, 0.2) is 0 Å². The summed E-state index contributed by atoms with van der Waals surface area (Å²) in [5.74, 6) is 0. The second kappa shape index (κ2) is 15.2. The molecule has 19 heavy (non-hydrogen) atoms. The lowest BCUT2D eigenvalue weighted by Gasteiger charge is -2.07. The van der Waals surface area contributed by atoms with Crippen LogP contribution in [0.3, 0.4) is 0 Å². The molecule has 0 radical (unpaired) electrons. The Balaban J connectivity index is 3.07. The Labute approximate surface area is 114 Å². The van der Waals surface area contributed by atoms with Crippen molar-refractivity contribution in [3.05, 3.63) is 0 Å². The van der Waals surface area contributed by atoms with E-state index >= 15 is 0 Å². The van der Waals surface area contributed by atoms with E-state index in [1.54, 1.807) is 0 Å². The maximum Gasteiger partial charge on any atom is 0.508 e. The molecule has 0 saturated heterocycles. The van der Waals surface area contributed by atoms with E-state index < -0.39 is 6.16 Å². The SMILES string of the molecule is CCOCCOCCOCCOC(=O)OCCOC. The van der Waals surface area contributed by atoms with Crippen molar-refractivity contribution in [2.75, 3.05) is 66.6 Å². The first-order chi connectivity index (χ1) is 9.31. The molecule has 7 nitrogen and oxygen atoms in total. The van der Waals surface area contributed by atoms with Crippen molar-refractivity contribution in [1.82, 2.24) is 0 Å². The van der Waals surface area contributed by atoms with Crippen molar-refractivity contribution >= 4 is 6.16 Å². The number of hydrogen-bond donors (Lipinski definition) is 0. The lowest BCUT2D eigenvalue weighted by atomic mass is 10.7. The average molecular weight is 280 g/mol. The van der Waals surface area contributed by atoms with E-state index in [9.17, 15) is 4.79 Å². The van der Waals surface area contributed by atoms with Crippen LogP contribution in [0.25, 0.3) is 0 Å². The van der Waals surface area contributed by atoms with E-state index in [4.69, 9.17) is 23.7 Å². The zero-order valence-electron chi connectivity index (χ0n) is 11.7. The normalized spacial score (nSPS) is 10.4. The van der Waals surface area contributed by atoms with Gasteiger partial charge in [0.1, 0.15) is 13.2 Å². The predicted octanol–water partition coefficient (Wildman–Crippen LogP) is 0.856. The molecular weight excluding hydrogens is 256 g/mol. The quantitative estimate of drug-likeness (QED) is 0.366. The smallest absolute Gasteiger partial charge is 0.432 e. The summed E-state index contributed by atoms with van der Waals surface area (Å²) >= 11 is 0. The zero-order valence-corrected chi connectivity index (χ0v) is 11.7. The molecule has 0 aromatic rings. The van der Waals surface area contributed by atoms with E-state index in [0.717, 1.165) is 0 Å². The van der Waals surface area contributed by atoms with E-state index in [-0.39, 0.29) is 13.2 Å². The van der Waals surface area contributed by atoms with Gasteiger partial charge in [0.2, 0.25) is 0 Å². The molecule has 0 unspecified atom stereocenters. The highest BCUT2D eigenvalue weighted by molar-refractivity contribution is 5.59. The van der Waals surface area contributed by atoms with Gasteiger partial charge in [0, 0.05) is 13.7 Å². The maximum absolute atomic E-state index is 11.0. The van der Waals surface area contributed by atoms with E-state index in [1.165, 1.54) is 7.11 Å². The molecule has 0 spiro atoms. The molecule has 0 atom stereocenters. The third kappa shape index (κ3) is 15.1. The first kappa shape index (κ1) is 18.1. The third-order valence-corrected chi connectivity index (χ3v) is 1.90. The van der Waals surface area contributed by atoms with Crippen molar-refractivity contribution in [3.63, 3.8) is 0 Å². The molecule has 0 rings (SSSR count). The predicted molar refractivity (Wildman–Crippen MR) is 67.3 cm³/mol. The van der Waals surface area contributed by atoms with Crippen LogP contribution in [0.4, 0.5) is 4.79 Å². The Morgan fingerprint density at radius 1 is 0.737 bits per heavy atom. The minimum atomic E-state index is -0.714. The van der Waals surface area contributed by atoms with Gasteiger partial charge in [0.25, 0.3) is 0 Å². The van der Waals surface area contributed by atoms with Gasteiger partial charge >= 0.3 is 6.16 Å². The van der Waals surface area contributed by atoms with E-state index in [1.807, 2.05) is 6.92 Å². The summed E-state index contributed by atoms with van der Waals surface area (Å²) in [5, 5.41) is 0. The summed E-state index contributed by atoms with van der Waals surface area (Å²) in [6.07, 6.45) is -0.714. The van der Waals surface area contributed by atoms with E-state index in [0.29, 0.717) is 46.2 Å². The van der Waals surface area contributed by atoms with Crippen LogP contribution in [-0.2, 0) is 28.4 Å². The Morgan fingerprint density at radius 2 is 1.21 bits per heavy atom. The first-order valence-corrected chi connectivity index (χ1v) is 6.33. The van der Waals surface area contributed by atoms with Crippen molar-refractivity contribution in [2.24, 2.45) is 0 Å². The van der Waals surface area contributed by atoms with Crippen LogP contribution < -0.4 is 0 Å². The maximum atomic E-state index is 11.0. The van der Waals surface area contributed by atoms with Crippen LogP contribution in [0, 0.1) is 0 Å². The number of carbonyl (C=O) groups excluding carboxylic acids is 1. The molecule has 114 valence electrons. The van der Waals surface area contributed by atoms with Gasteiger partial charge in [-0.2, -0.15) is 0 Å². The van der Waals surface area contributed by atoms with Gasteiger partial charge in [-0.05, 0) is 6.92 Å². The van der Waals surface area contributed by atoms with Gasteiger partial charge in [0.05, 0.1) is 39.6 Å². The summed E-state index contributed by atoms with van der Waals surface area (Å²) in [4.78, 5) is 11.0. The lowest BCUT2D eigenvalue weighted by Crippen LogP contribution is -2.16. The van der Waals surface area contributed by atoms with Gasteiger partial charge in [-0.15, -0.1) is 0 Å². The third-order valence-electron chi connectivity index (χ3n) is 1.90. The zero-order chi connectivity index (χ0) is 14.2. The standard InChI is InChI=1S/C12H24O7/c1-3-15-5-6-16-7-8-17-9-11-19-12(13)18-10-4-14-2/h3-11H2,1-2H3. The fraction of sp³-hybridized carbons (Fsp3) is 0.917. The molecule has 0 aromatic carbocycles. The Bertz CT molecular complexity index is 199. The summed E-state index contributed by atoms with van der Waals surface area (Å²) in [7, 11) is 1.53. The largest absolute Gasteiger partial charge is 0.508 e. The molecule has 0 bridgehead atoms. The second-order valence-electron chi connectivity index (χ2n) is 3.36. The number of rotatable bonds is 13. The van der Waals surface area contributed by atoms with Gasteiger partial charge in [0.15, 0.2) is 0 Å². The number of hydrogen-bond acceptors (Lipinski definition) is 7. The molecule has 0 fully saturated rings. The fourth-order valence-electron chi connectivity index (χ4n) is 1.02. The molecule has 0 aliphatic rings. The minimum absolute atomic E-state index is 0.158. The topological polar surface area (TPSA) is 72.5 Å². The van der Waals surface area contributed by atoms with Crippen molar-refractivity contribution < 1.29 is 33.2 Å². The summed E-state index contributed by atoms with van der Waals surface area (Å²) in [6.45, 7) is 5.72. The van der Waals surface area contributed by atoms with Gasteiger partial charge in [-0.25, -0.2) is 4.79 Å². The average Bonchev–Trinajstić information content (AvgIpc) is 2.41. The lowest BCUT2D eigenvalue weighted by molar-refractivity contribution is -0.00528. The molecule has 0 saturated carbocycles. The number of ether oxygens (including phenoxy) is 6. The van der Waals surface area contributed by atoms with Crippen LogP contribution in [-0.4, -0.2) is 72.7 Å². The number of methoxy groups -OCH3 is 1. The Kier molecular flexibility index (Phi) is 14.5. The Morgan fingerprint density at radius 3 is 1.74 bits per heavy atom. The number of carbonyl (C=O) groups is 1. The highest BCUT2D eigenvalue weighted by atomic mass is 16.7. The molecule has 0 N–H and O–H groups in total. The van der Waals surface area contributed by atoms with E-state index in [2.05, 4.69) is 4.74 Å². The molecular formula is C12H24O7. The van der Waals surface area contributed by atoms with Crippen molar-refractivity contribution in [3.8, 4) is 0 Å². The summed E-state index contributed by atoms with van der Waals surface area (Å²) < 4.78 is 29.7. The fourth-order valence-corrected chi connectivity index (χ4v) is 1.02. The first-order valence-electron chi connectivity index (χ1n) is 6.33. The molecule has 0 aliphatic carbocycles. The van der Waals surface area contributed by atoms with Crippen LogP contribution in [0.5, 0.6) is 0 Å². The van der Waals surface area contributed by atoms with Gasteiger partial charge in [-0.3, -0.25) is 0 Å². The summed E-state index contributed by atoms with van der Waals surface area (Å²) in [5.41, 5.74) is 0. The van der Waals surface area contributed by atoms with Crippen LogP contribution >= 0.6 is 0 Å². The molecule has 7 heteroatoms. The molecule has 0 heterocycles. The van der Waals surface area contributed by atoms with Crippen molar-refractivity contribution in [1.29, 1.82) is 0 Å². The van der Waals surface area contributed by atoms with Gasteiger partial charge in [-0.1, -0.05) is 0 Å². The Hall–Kier alpha value is -0.890. The highest BCUT2D eigenvalue weighted by Crippen LogP contribution is 1.87. The second-order valence-corrected chi connectivity index (χ2v) is 3.36. The molecule has 0 amide bonds. The monoisotopic (exact) mass is 280 g/mol.